The van der Waals surface area contributed by atoms with E-state index in [1.807, 2.05) is 60.4 Å². The number of carbonyl (C=O) groups is 2. The van der Waals surface area contributed by atoms with E-state index in [2.05, 4.69) is 10.2 Å². The van der Waals surface area contributed by atoms with Crippen LogP contribution in [0.3, 0.4) is 0 Å². The quantitative estimate of drug-likeness (QED) is 0.793. The van der Waals surface area contributed by atoms with Gasteiger partial charge in [0, 0.05) is 31.9 Å². The predicted molar refractivity (Wildman–Crippen MR) is 113 cm³/mol. The average Bonchev–Trinajstić information content (AvgIpc) is 3.55. The Kier molecular flexibility index (Phi) is 5.18. The van der Waals surface area contributed by atoms with Crippen LogP contribution in [0.15, 0.2) is 48.5 Å². The van der Waals surface area contributed by atoms with Crippen molar-refractivity contribution in [2.75, 3.05) is 43.5 Å². The third-order valence-corrected chi connectivity index (χ3v) is 5.86. The van der Waals surface area contributed by atoms with Gasteiger partial charge in [-0.15, -0.1) is 0 Å². The number of nitrogens with one attached hydrogen (secondary N) is 1. The fourth-order valence-electron chi connectivity index (χ4n) is 3.98. The Labute approximate surface area is 171 Å². The van der Waals surface area contributed by atoms with E-state index in [-0.39, 0.29) is 11.8 Å². The Hall–Kier alpha value is -3.02. The van der Waals surface area contributed by atoms with Crippen LogP contribution in [0, 0.1) is 12.3 Å². The molecule has 1 aliphatic carbocycles. The van der Waals surface area contributed by atoms with Crippen molar-refractivity contribution in [1.82, 2.24) is 4.90 Å². The SMILES string of the molecule is COc1ccccc1N1CCN(C(=O)C2(C(=O)Nc3cccc(C)c3)CC2)CC1. The van der Waals surface area contributed by atoms with Gasteiger partial charge in [-0.2, -0.15) is 0 Å². The van der Waals surface area contributed by atoms with E-state index >= 15 is 0 Å². The Morgan fingerprint density at radius 2 is 1.72 bits per heavy atom. The van der Waals surface area contributed by atoms with E-state index in [9.17, 15) is 9.59 Å². The maximum atomic E-state index is 13.2. The van der Waals surface area contributed by atoms with Gasteiger partial charge in [0.2, 0.25) is 11.8 Å². The van der Waals surface area contributed by atoms with Crippen molar-refractivity contribution in [3.8, 4) is 5.75 Å². The summed E-state index contributed by atoms with van der Waals surface area (Å²) >= 11 is 0. The second-order valence-electron chi connectivity index (χ2n) is 7.86. The molecule has 2 aromatic rings. The Bertz CT molecular complexity index is 915. The summed E-state index contributed by atoms with van der Waals surface area (Å²) < 4.78 is 5.46. The largest absolute Gasteiger partial charge is 0.495 e. The van der Waals surface area contributed by atoms with Gasteiger partial charge in [0.1, 0.15) is 11.2 Å². The van der Waals surface area contributed by atoms with Gasteiger partial charge in [0.05, 0.1) is 12.8 Å². The predicted octanol–water partition coefficient (Wildman–Crippen LogP) is 3.07. The Morgan fingerprint density at radius 3 is 2.38 bits per heavy atom. The number of nitrogens with zero attached hydrogens (tertiary/aromatic N) is 2. The smallest absolute Gasteiger partial charge is 0.240 e. The van der Waals surface area contributed by atoms with Crippen molar-refractivity contribution in [2.45, 2.75) is 19.8 Å². The molecule has 1 saturated carbocycles. The highest BCUT2D eigenvalue weighted by Crippen LogP contribution is 2.48. The number of hydrogen-bond acceptors (Lipinski definition) is 4. The van der Waals surface area contributed by atoms with Crippen LogP contribution in [0.1, 0.15) is 18.4 Å². The number of rotatable bonds is 5. The summed E-state index contributed by atoms with van der Waals surface area (Å²) in [6, 6.07) is 15.6. The highest BCUT2D eigenvalue weighted by Gasteiger charge is 2.58. The van der Waals surface area contributed by atoms with Crippen LogP contribution in [0.25, 0.3) is 0 Å². The van der Waals surface area contributed by atoms with Gasteiger partial charge in [-0.3, -0.25) is 9.59 Å². The molecule has 6 nitrogen and oxygen atoms in total. The number of anilines is 2. The summed E-state index contributed by atoms with van der Waals surface area (Å²) in [7, 11) is 1.67. The fourth-order valence-corrected chi connectivity index (χ4v) is 3.98. The van der Waals surface area contributed by atoms with E-state index in [1.54, 1.807) is 7.11 Å². The van der Waals surface area contributed by atoms with Crippen molar-refractivity contribution in [3.63, 3.8) is 0 Å². The van der Waals surface area contributed by atoms with E-state index in [1.165, 1.54) is 0 Å². The third-order valence-electron chi connectivity index (χ3n) is 5.86. The van der Waals surface area contributed by atoms with Crippen LogP contribution in [0.4, 0.5) is 11.4 Å². The van der Waals surface area contributed by atoms with Crippen LogP contribution in [-0.4, -0.2) is 50.0 Å². The van der Waals surface area contributed by atoms with Crippen LogP contribution in [0.5, 0.6) is 5.75 Å². The molecule has 4 rings (SSSR count). The van der Waals surface area contributed by atoms with Crippen molar-refractivity contribution in [1.29, 1.82) is 0 Å². The van der Waals surface area contributed by atoms with Crippen LogP contribution >= 0.6 is 0 Å². The van der Waals surface area contributed by atoms with Crippen LogP contribution in [-0.2, 0) is 9.59 Å². The molecule has 0 aromatic heterocycles. The molecule has 0 spiro atoms. The molecule has 2 aromatic carbocycles. The molecule has 6 heteroatoms. The molecule has 29 heavy (non-hydrogen) atoms. The highest BCUT2D eigenvalue weighted by molar-refractivity contribution is 6.13. The monoisotopic (exact) mass is 393 g/mol. The van der Waals surface area contributed by atoms with Crippen molar-refractivity contribution >= 4 is 23.2 Å². The average molecular weight is 393 g/mol. The van der Waals surface area contributed by atoms with Gasteiger partial charge in [-0.05, 0) is 49.6 Å². The minimum Gasteiger partial charge on any atom is -0.495 e. The number of carbonyl (C=O) groups excluding carboxylic acids is 2. The number of benzene rings is 2. The zero-order valence-corrected chi connectivity index (χ0v) is 17.0. The van der Waals surface area contributed by atoms with Crippen molar-refractivity contribution in [3.05, 3.63) is 54.1 Å². The number of ether oxygens (including phenoxy) is 1. The number of para-hydroxylation sites is 2. The molecule has 1 N–H and O–H groups in total. The molecular formula is C23H27N3O3. The first-order valence-electron chi connectivity index (χ1n) is 10.1. The van der Waals surface area contributed by atoms with Gasteiger partial charge >= 0.3 is 0 Å². The van der Waals surface area contributed by atoms with E-state index in [4.69, 9.17) is 4.74 Å². The van der Waals surface area contributed by atoms with E-state index in [0.717, 1.165) is 35.8 Å². The molecule has 2 fully saturated rings. The van der Waals surface area contributed by atoms with Crippen LogP contribution < -0.4 is 15.0 Å². The van der Waals surface area contributed by atoms with Gasteiger partial charge in [0.15, 0.2) is 0 Å². The standard InChI is InChI=1S/C23H27N3O3/c1-17-6-5-7-18(16-17)24-21(27)23(10-11-23)22(28)26-14-12-25(13-15-26)19-8-3-4-9-20(19)29-2/h3-9,16H,10-15H2,1-2H3,(H,24,27). The number of amides is 2. The molecule has 1 saturated heterocycles. The normalized spacial score (nSPS) is 17.6. The molecule has 0 bridgehead atoms. The lowest BCUT2D eigenvalue weighted by Gasteiger charge is -2.38. The summed E-state index contributed by atoms with van der Waals surface area (Å²) in [5.74, 6) is 0.617. The number of piperazine rings is 1. The molecule has 1 aliphatic heterocycles. The summed E-state index contributed by atoms with van der Waals surface area (Å²) in [5.41, 5.74) is 1.97. The van der Waals surface area contributed by atoms with Gasteiger partial charge in [-0.1, -0.05) is 24.3 Å². The molecule has 152 valence electrons. The second kappa shape index (κ2) is 7.78. The maximum absolute atomic E-state index is 13.2. The summed E-state index contributed by atoms with van der Waals surface area (Å²) in [6.07, 6.45) is 1.24. The summed E-state index contributed by atoms with van der Waals surface area (Å²) in [4.78, 5) is 30.1. The van der Waals surface area contributed by atoms with Gasteiger partial charge in [0.25, 0.3) is 0 Å². The number of aryl methyl sites for hydroxylation is 1. The fraction of sp³-hybridized carbons (Fsp3) is 0.391. The third kappa shape index (κ3) is 3.79. The van der Waals surface area contributed by atoms with E-state index in [0.29, 0.717) is 25.9 Å². The molecule has 0 unspecified atom stereocenters. The molecular weight excluding hydrogens is 366 g/mol. The molecule has 1 heterocycles. The summed E-state index contributed by atoms with van der Waals surface area (Å²) in [5, 5.41) is 2.94. The van der Waals surface area contributed by atoms with Crippen LogP contribution in [0.2, 0.25) is 0 Å². The minimum atomic E-state index is -0.893. The zero-order valence-electron chi connectivity index (χ0n) is 17.0. The maximum Gasteiger partial charge on any atom is 0.240 e. The lowest BCUT2D eigenvalue weighted by molar-refractivity contribution is -0.142. The second-order valence-corrected chi connectivity index (χ2v) is 7.86. The zero-order chi connectivity index (χ0) is 20.4. The first-order valence-corrected chi connectivity index (χ1v) is 10.1. The van der Waals surface area contributed by atoms with Gasteiger partial charge < -0.3 is 19.9 Å². The molecule has 0 atom stereocenters. The molecule has 0 radical (unpaired) electrons. The number of methoxy groups -OCH3 is 1. The lowest BCUT2D eigenvalue weighted by Crippen LogP contribution is -2.52. The first kappa shape index (κ1) is 19.3. The Balaban J connectivity index is 1.39. The minimum absolute atomic E-state index is 0.0395. The first-order chi connectivity index (χ1) is 14.0. The lowest BCUT2D eigenvalue weighted by atomic mass is 10.0. The summed E-state index contributed by atoms with van der Waals surface area (Å²) in [6.45, 7) is 4.64. The van der Waals surface area contributed by atoms with Crippen molar-refractivity contribution < 1.29 is 14.3 Å². The molecule has 2 amide bonds. The molecule has 2 aliphatic rings. The number of hydrogen-bond donors (Lipinski definition) is 1. The van der Waals surface area contributed by atoms with Gasteiger partial charge in [-0.25, -0.2) is 0 Å². The Morgan fingerprint density at radius 1 is 1.00 bits per heavy atom. The van der Waals surface area contributed by atoms with Crippen molar-refractivity contribution in [2.24, 2.45) is 5.41 Å². The topological polar surface area (TPSA) is 61.9 Å². The highest BCUT2D eigenvalue weighted by atomic mass is 16.5. The van der Waals surface area contributed by atoms with E-state index < -0.39 is 5.41 Å².